The van der Waals surface area contributed by atoms with Gasteiger partial charge in [0.25, 0.3) is 0 Å². The van der Waals surface area contributed by atoms with E-state index in [1.165, 1.54) is 11.1 Å². The number of benzene rings is 1. The lowest BCUT2D eigenvalue weighted by Crippen LogP contribution is -2.21. The molecule has 25 heavy (non-hydrogen) atoms. The topological polar surface area (TPSA) is 67.5 Å². The van der Waals surface area contributed by atoms with Crippen molar-refractivity contribution in [1.29, 1.82) is 0 Å². The molecule has 6 heteroatoms. The first-order valence-electron chi connectivity index (χ1n) is 8.68. The standard InChI is InChI=1S/C19H27N5O/c1-23(2)11-14-6-4-5-7-15(14)12-24(3)18-10-17(21-19(20)22-18)16-8-9-25-13-16/h4-7,10,16H,8-9,11-13H2,1-3H3,(H2,20,21,22). The fraction of sp³-hybridized carbons (Fsp3) is 0.474. The van der Waals surface area contributed by atoms with Crippen LogP contribution in [0.15, 0.2) is 30.3 Å². The van der Waals surface area contributed by atoms with E-state index in [4.69, 9.17) is 10.5 Å². The molecule has 6 nitrogen and oxygen atoms in total. The van der Waals surface area contributed by atoms with E-state index in [0.29, 0.717) is 18.5 Å². The predicted molar refractivity (Wildman–Crippen MR) is 101 cm³/mol. The van der Waals surface area contributed by atoms with Crippen LogP contribution in [0.1, 0.15) is 29.2 Å². The maximum Gasteiger partial charge on any atom is 0.222 e. The molecule has 0 saturated carbocycles. The van der Waals surface area contributed by atoms with Gasteiger partial charge in [-0.25, -0.2) is 4.98 Å². The highest BCUT2D eigenvalue weighted by Crippen LogP contribution is 2.27. The van der Waals surface area contributed by atoms with Gasteiger partial charge in [-0.2, -0.15) is 4.98 Å². The first kappa shape index (κ1) is 17.6. The van der Waals surface area contributed by atoms with Crippen molar-refractivity contribution < 1.29 is 4.74 Å². The minimum absolute atomic E-state index is 0.318. The number of nitrogens with two attached hydrogens (primary N) is 1. The summed E-state index contributed by atoms with van der Waals surface area (Å²) in [5.74, 6) is 1.50. The molecular formula is C19H27N5O. The Hall–Kier alpha value is -2.18. The van der Waals surface area contributed by atoms with E-state index in [0.717, 1.165) is 37.6 Å². The van der Waals surface area contributed by atoms with Gasteiger partial charge >= 0.3 is 0 Å². The van der Waals surface area contributed by atoms with Gasteiger partial charge in [-0.05, 0) is 31.6 Å². The number of rotatable bonds is 6. The van der Waals surface area contributed by atoms with E-state index in [2.05, 4.69) is 58.1 Å². The highest BCUT2D eigenvalue weighted by atomic mass is 16.5. The molecule has 0 bridgehead atoms. The zero-order valence-corrected chi connectivity index (χ0v) is 15.3. The zero-order valence-electron chi connectivity index (χ0n) is 15.3. The van der Waals surface area contributed by atoms with E-state index in [9.17, 15) is 0 Å². The van der Waals surface area contributed by atoms with Crippen molar-refractivity contribution in [2.75, 3.05) is 45.0 Å². The molecule has 0 radical (unpaired) electrons. The Morgan fingerprint density at radius 3 is 2.48 bits per heavy atom. The molecule has 1 atom stereocenters. The molecule has 1 aliphatic rings. The van der Waals surface area contributed by atoms with Crippen LogP contribution in [0.2, 0.25) is 0 Å². The van der Waals surface area contributed by atoms with Crippen molar-refractivity contribution >= 4 is 11.8 Å². The van der Waals surface area contributed by atoms with Crippen LogP contribution in [0.5, 0.6) is 0 Å². The van der Waals surface area contributed by atoms with Gasteiger partial charge in [0.2, 0.25) is 5.95 Å². The fourth-order valence-corrected chi connectivity index (χ4v) is 3.19. The molecule has 3 rings (SSSR count). The van der Waals surface area contributed by atoms with E-state index in [-0.39, 0.29) is 0 Å². The number of aromatic nitrogens is 2. The first-order valence-corrected chi connectivity index (χ1v) is 8.68. The van der Waals surface area contributed by atoms with Crippen molar-refractivity contribution in [2.45, 2.75) is 25.4 Å². The van der Waals surface area contributed by atoms with Gasteiger partial charge in [0.1, 0.15) is 5.82 Å². The molecule has 2 heterocycles. The van der Waals surface area contributed by atoms with Gasteiger partial charge in [0, 0.05) is 38.7 Å². The molecule has 1 aliphatic heterocycles. The van der Waals surface area contributed by atoms with Gasteiger partial charge in [-0.1, -0.05) is 24.3 Å². The van der Waals surface area contributed by atoms with Crippen LogP contribution in [-0.2, 0) is 17.8 Å². The molecule has 0 amide bonds. The van der Waals surface area contributed by atoms with Crippen LogP contribution in [-0.4, -0.2) is 49.2 Å². The second kappa shape index (κ2) is 7.80. The van der Waals surface area contributed by atoms with Crippen molar-refractivity contribution in [3.8, 4) is 0 Å². The van der Waals surface area contributed by atoms with Crippen molar-refractivity contribution in [3.05, 3.63) is 47.2 Å². The van der Waals surface area contributed by atoms with Gasteiger partial charge in [0.15, 0.2) is 0 Å². The normalized spacial score (nSPS) is 17.2. The summed E-state index contributed by atoms with van der Waals surface area (Å²) < 4.78 is 5.48. The second-order valence-corrected chi connectivity index (χ2v) is 6.93. The third-order valence-electron chi connectivity index (χ3n) is 4.50. The third-order valence-corrected chi connectivity index (χ3v) is 4.50. The highest BCUT2D eigenvalue weighted by molar-refractivity contribution is 5.45. The summed E-state index contributed by atoms with van der Waals surface area (Å²) in [6.45, 7) is 3.20. The van der Waals surface area contributed by atoms with Gasteiger partial charge in [0.05, 0.1) is 12.3 Å². The Morgan fingerprint density at radius 2 is 1.84 bits per heavy atom. The van der Waals surface area contributed by atoms with Crippen LogP contribution in [0.4, 0.5) is 11.8 Å². The van der Waals surface area contributed by atoms with Crippen LogP contribution in [0.3, 0.4) is 0 Å². The number of nitrogens with zero attached hydrogens (tertiary/aromatic N) is 4. The SMILES string of the molecule is CN(C)Cc1ccccc1CN(C)c1cc(C2CCOC2)nc(N)n1. The Morgan fingerprint density at radius 1 is 1.12 bits per heavy atom. The molecular weight excluding hydrogens is 314 g/mol. The van der Waals surface area contributed by atoms with E-state index < -0.39 is 0 Å². The Kier molecular flexibility index (Phi) is 5.50. The number of hydrogen-bond donors (Lipinski definition) is 1. The summed E-state index contributed by atoms with van der Waals surface area (Å²) in [7, 11) is 6.21. The quantitative estimate of drug-likeness (QED) is 0.869. The Bertz CT molecular complexity index is 713. The largest absolute Gasteiger partial charge is 0.381 e. The fourth-order valence-electron chi connectivity index (χ4n) is 3.19. The van der Waals surface area contributed by atoms with Gasteiger partial charge < -0.3 is 20.3 Å². The molecule has 1 saturated heterocycles. The molecule has 2 aromatic rings. The van der Waals surface area contributed by atoms with Crippen LogP contribution < -0.4 is 10.6 Å². The maximum atomic E-state index is 5.96. The molecule has 134 valence electrons. The van der Waals surface area contributed by atoms with Crippen LogP contribution >= 0.6 is 0 Å². The number of hydrogen-bond acceptors (Lipinski definition) is 6. The molecule has 0 spiro atoms. The Balaban J connectivity index is 1.80. The predicted octanol–water partition coefficient (Wildman–Crippen LogP) is 2.26. The molecule has 1 aromatic carbocycles. The van der Waals surface area contributed by atoms with E-state index in [1.807, 2.05) is 13.1 Å². The molecule has 1 unspecified atom stereocenters. The smallest absolute Gasteiger partial charge is 0.222 e. The lowest BCUT2D eigenvalue weighted by atomic mass is 10.0. The lowest BCUT2D eigenvalue weighted by molar-refractivity contribution is 0.193. The first-order chi connectivity index (χ1) is 12.0. The Labute approximate surface area is 149 Å². The molecule has 0 aliphatic carbocycles. The zero-order chi connectivity index (χ0) is 17.8. The number of nitrogen functional groups attached to an aromatic ring is 1. The molecule has 1 fully saturated rings. The van der Waals surface area contributed by atoms with E-state index >= 15 is 0 Å². The summed E-state index contributed by atoms with van der Waals surface area (Å²) in [6.07, 6.45) is 0.991. The summed E-state index contributed by atoms with van der Waals surface area (Å²) in [5, 5.41) is 0. The van der Waals surface area contributed by atoms with E-state index in [1.54, 1.807) is 0 Å². The van der Waals surface area contributed by atoms with Crippen molar-refractivity contribution in [2.24, 2.45) is 0 Å². The minimum atomic E-state index is 0.318. The second-order valence-electron chi connectivity index (χ2n) is 6.93. The average Bonchev–Trinajstić information content (AvgIpc) is 3.10. The number of ether oxygens (including phenoxy) is 1. The minimum Gasteiger partial charge on any atom is -0.381 e. The summed E-state index contributed by atoms with van der Waals surface area (Å²) in [5.41, 5.74) is 9.56. The average molecular weight is 341 g/mol. The van der Waals surface area contributed by atoms with Crippen LogP contribution in [0, 0.1) is 0 Å². The summed E-state index contributed by atoms with van der Waals surface area (Å²) >= 11 is 0. The summed E-state index contributed by atoms with van der Waals surface area (Å²) in [6, 6.07) is 10.6. The van der Waals surface area contributed by atoms with Gasteiger partial charge in [-0.15, -0.1) is 0 Å². The third kappa shape index (κ3) is 4.46. The molecule has 2 N–H and O–H groups in total. The van der Waals surface area contributed by atoms with Crippen LogP contribution in [0.25, 0.3) is 0 Å². The number of anilines is 2. The monoisotopic (exact) mass is 341 g/mol. The maximum absolute atomic E-state index is 5.96. The van der Waals surface area contributed by atoms with Crippen molar-refractivity contribution in [3.63, 3.8) is 0 Å². The lowest BCUT2D eigenvalue weighted by Gasteiger charge is -2.22. The highest BCUT2D eigenvalue weighted by Gasteiger charge is 2.21. The van der Waals surface area contributed by atoms with Crippen molar-refractivity contribution in [1.82, 2.24) is 14.9 Å². The van der Waals surface area contributed by atoms with Gasteiger partial charge in [-0.3, -0.25) is 0 Å². The molecule has 1 aromatic heterocycles. The summed E-state index contributed by atoms with van der Waals surface area (Å²) in [4.78, 5) is 13.2.